The number of amides is 3. The number of hydrogen-bond acceptors (Lipinski definition) is 8. The number of fused-ring (bicyclic) bond motifs is 1. The number of aliphatic hydroxyl groups is 1. The summed E-state index contributed by atoms with van der Waals surface area (Å²) in [5, 5.41) is 15.3. The number of aliphatic hydroxyl groups excluding tert-OH is 1. The van der Waals surface area contributed by atoms with Gasteiger partial charge in [-0.2, -0.15) is 0 Å². The van der Waals surface area contributed by atoms with Gasteiger partial charge in [0.05, 0.1) is 43.7 Å². The van der Waals surface area contributed by atoms with E-state index >= 15 is 0 Å². The number of hydrogen-bond donors (Lipinski definition) is 3. The van der Waals surface area contributed by atoms with Crippen LogP contribution in [0.3, 0.4) is 0 Å². The Morgan fingerprint density at radius 3 is 2.29 bits per heavy atom. The van der Waals surface area contributed by atoms with Crippen LogP contribution in [0.2, 0.25) is 0 Å². The molecule has 0 radical (unpaired) electrons. The molecule has 12 nitrogen and oxygen atoms in total. The average molecular weight is 747 g/mol. The Bertz CT molecular complexity index is 2150. The fourth-order valence-corrected chi connectivity index (χ4v) is 7.79. The van der Waals surface area contributed by atoms with Gasteiger partial charge >= 0.3 is 12.2 Å². The van der Waals surface area contributed by atoms with Gasteiger partial charge < -0.3 is 29.8 Å². The second-order valence-corrected chi connectivity index (χ2v) is 16.1. The molecule has 0 aliphatic carbocycles. The van der Waals surface area contributed by atoms with Crippen LogP contribution in [0.15, 0.2) is 78.1 Å². The molecule has 12 heteroatoms. The minimum atomic E-state index is -0.684. The number of benzene rings is 3. The molecule has 0 spiro atoms. The minimum absolute atomic E-state index is 0.101. The lowest BCUT2D eigenvalue weighted by Crippen LogP contribution is -2.51. The second kappa shape index (κ2) is 15.3. The number of likely N-dealkylation sites (tertiary alicyclic amines) is 2. The zero-order valence-electron chi connectivity index (χ0n) is 32.3. The van der Waals surface area contributed by atoms with Crippen molar-refractivity contribution in [2.75, 3.05) is 20.2 Å². The molecule has 2 saturated heterocycles. The van der Waals surface area contributed by atoms with Gasteiger partial charge in [0.25, 0.3) is 0 Å². The molecule has 2 fully saturated rings. The molecule has 3 aromatic carbocycles. The Labute approximate surface area is 321 Å². The predicted octanol–water partition coefficient (Wildman–Crippen LogP) is 7.50. The molecule has 4 atom stereocenters. The number of aromatic amines is 1. The number of nitrogens with zero attached hydrogens (tertiary/aromatic N) is 4. The fraction of sp³-hybridized carbons (Fsp3) is 0.419. The Morgan fingerprint density at radius 1 is 0.927 bits per heavy atom. The first-order valence-electron chi connectivity index (χ1n) is 19.1. The number of alkyl carbamates (subject to hydrolysis) is 1. The lowest BCUT2D eigenvalue weighted by atomic mass is 9.95. The molecule has 55 heavy (non-hydrogen) atoms. The van der Waals surface area contributed by atoms with Gasteiger partial charge in [-0.05, 0) is 84.7 Å². The summed E-state index contributed by atoms with van der Waals surface area (Å²) in [5.41, 5.74) is 6.46. The second-order valence-electron chi connectivity index (χ2n) is 16.1. The third kappa shape index (κ3) is 8.14. The monoisotopic (exact) mass is 746 g/mol. The van der Waals surface area contributed by atoms with E-state index in [2.05, 4.69) is 71.0 Å². The van der Waals surface area contributed by atoms with Gasteiger partial charge in [0.2, 0.25) is 5.91 Å². The first-order chi connectivity index (χ1) is 26.3. The molecular formula is C43H50N6O6. The highest BCUT2D eigenvalue weighted by atomic mass is 16.6. The van der Waals surface area contributed by atoms with Crippen LogP contribution in [-0.4, -0.2) is 92.7 Å². The molecule has 3 aliphatic rings. The summed E-state index contributed by atoms with van der Waals surface area (Å²) in [4.78, 5) is 54.7. The van der Waals surface area contributed by atoms with Crippen LogP contribution in [0.25, 0.3) is 38.7 Å². The molecule has 1 aromatic heterocycles. The van der Waals surface area contributed by atoms with Crippen LogP contribution in [0.4, 0.5) is 9.59 Å². The third-order valence-corrected chi connectivity index (χ3v) is 10.6. The molecule has 0 bridgehead atoms. The first kappa shape index (κ1) is 37.8. The van der Waals surface area contributed by atoms with Crippen LogP contribution in [0.5, 0.6) is 0 Å². The van der Waals surface area contributed by atoms with E-state index in [0.717, 1.165) is 68.7 Å². The number of carbonyl (C=O) groups excluding carboxylic acids is 3. The normalized spacial score (nSPS) is 20.5. The quantitative estimate of drug-likeness (QED) is 0.169. The summed E-state index contributed by atoms with van der Waals surface area (Å²) in [6.07, 6.45) is 4.74. The molecule has 3 amide bonds. The van der Waals surface area contributed by atoms with Gasteiger partial charge in [0.15, 0.2) is 0 Å². The summed E-state index contributed by atoms with van der Waals surface area (Å²) >= 11 is 0. The Hall–Kier alpha value is -5.49. The van der Waals surface area contributed by atoms with Crippen LogP contribution in [0.1, 0.15) is 77.7 Å². The summed E-state index contributed by atoms with van der Waals surface area (Å²) in [7, 11) is 1.29. The van der Waals surface area contributed by atoms with Crippen molar-refractivity contribution < 1.29 is 29.0 Å². The standard InChI is InChI=1S/C43H50N6O6/c1-25(2)38(47-41(52)54-6)40(51)48-17-7-8-36(48)39-45-23-35(46-39)31-16-15-29-18-28(13-14-30(29)19-31)26-9-11-27(12-10-26)32-20-34(44-22-32)37-21-33(50)24-49(37)42(53)55-43(3,4)5/h9-16,18-19,22-23,25,33,36-38,50H,7-8,17,20-21,24H2,1-6H3,(H,45,46)(H,47,52)/t33-,36-,37-,38-/m0/s1. The SMILES string of the molecule is COC(=O)N[C@H](C(=O)N1CCC[C@H]1c1ncc(-c2ccc3cc(-c4ccc(C5=CN=C([C@@H]6C[C@H](O)CN6C(=O)OC(C)(C)C)C5)cc4)ccc3c2)[nH]1)C(C)C. The van der Waals surface area contributed by atoms with E-state index in [0.29, 0.717) is 19.4 Å². The number of carbonyl (C=O) groups is 3. The molecular weight excluding hydrogens is 697 g/mol. The molecule has 4 aromatic rings. The number of imidazole rings is 1. The predicted molar refractivity (Wildman–Crippen MR) is 212 cm³/mol. The van der Waals surface area contributed by atoms with Crippen molar-refractivity contribution >= 4 is 40.2 Å². The van der Waals surface area contributed by atoms with Crippen molar-refractivity contribution in [3.63, 3.8) is 0 Å². The maximum atomic E-state index is 13.6. The largest absolute Gasteiger partial charge is 0.453 e. The summed E-state index contributed by atoms with van der Waals surface area (Å²) in [6, 6.07) is 20.1. The fourth-order valence-electron chi connectivity index (χ4n) is 7.79. The van der Waals surface area contributed by atoms with E-state index in [1.807, 2.05) is 51.9 Å². The Kier molecular flexibility index (Phi) is 10.5. The van der Waals surface area contributed by atoms with E-state index in [1.54, 1.807) is 4.90 Å². The van der Waals surface area contributed by atoms with Gasteiger partial charge in [0.1, 0.15) is 17.5 Å². The number of H-pyrrole nitrogens is 1. The lowest BCUT2D eigenvalue weighted by molar-refractivity contribution is -0.135. The molecule has 0 unspecified atom stereocenters. The molecule has 4 heterocycles. The number of methoxy groups -OCH3 is 1. The average Bonchev–Trinajstić information content (AvgIpc) is 3.99. The van der Waals surface area contributed by atoms with Gasteiger partial charge in [0, 0.05) is 36.9 Å². The van der Waals surface area contributed by atoms with Gasteiger partial charge in [-0.3, -0.25) is 14.7 Å². The Balaban J connectivity index is 1.01. The van der Waals surface area contributed by atoms with Crippen LogP contribution < -0.4 is 5.32 Å². The molecule has 288 valence electrons. The number of aromatic nitrogens is 2. The number of rotatable bonds is 8. The van der Waals surface area contributed by atoms with E-state index in [-0.39, 0.29) is 30.5 Å². The zero-order valence-corrected chi connectivity index (χ0v) is 32.3. The number of aliphatic imine (C=N–C) groups is 1. The number of ether oxygens (including phenoxy) is 2. The lowest BCUT2D eigenvalue weighted by Gasteiger charge is -2.30. The smallest absolute Gasteiger partial charge is 0.410 e. The van der Waals surface area contributed by atoms with Crippen molar-refractivity contribution in [3.05, 3.63) is 84.4 Å². The molecule has 3 aliphatic heterocycles. The topological polar surface area (TPSA) is 149 Å². The van der Waals surface area contributed by atoms with E-state index in [9.17, 15) is 19.5 Å². The van der Waals surface area contributed by atoms with Crippen LogP contribution in [-0.2, 0) is 14.3 Å². The summed E-state index contributed by atoms with van der Waals surface area (Å²) < 4.78 is 10.4. The number of nitrogens with one attached hydrogen (secondary N) is 2. The molecule has 0 saturated carbocycles. The van der Waals surface area contributed by atoms with Crippen molar-refractivity contribution in [2.45, 2.75) is 90.1 Å². The maximum Gasteiger partial charge on any atom is 0.410 e. The summed E-state index contributed by atoms with van der Waals surface area (Å²) in [6.45, 7) is 10.2. The Morgan fingerprint density at radius 2 is 1.60 bits per heavy atom. The maximum absolute atomic E-state index is 13.6. The first-order valence-corrected chi connectivity index (χ1v) is 19.1. The van der Waals surface area contributed by atoms with E-state index in [1.165, 1.54) is 7.11 Å². The van der Waals surface area contributed by atoms with Gasteiger partial charge in [-0.25, -0.2) is 14.6 Å². The van der Waals surface area contributed by atoms with Crippen LogP contribution in [0, 0.1) is 5.92 Å². The van der Waals surface area contributed by atoms with E-state index < -0.39 is 29.9 Å². The number of allylic oxidation sites excluding steroid dienone is 1. The van der Waals surface area contributed by atoms with Crippen molar-refractivity contribution in [1.82, 2.24) is 25.1 Å². The van der Waals surface area contributed by atoms with Crippen LogP contribution >= 0.6 is 0 Å². The molecule has 7 rings (SSSR count). The van der Waals surface area contributed by atoms with Crippen molar-refractivity contribution in [2.24, 2.45) is 10.9 Å². The highest BCUT2D eigenvalue weighted by Crippen LogP contribution is 2.35. The van der Waals surface area contributed by atoms with Crippen molar-refractivity contribution in [3.8, 4) is 22.4 Å². The highest BCUT2D eigenvalue weighted by Gasteiger charge is 2.41. The summed E-state index contributed by atoms with van der Waals surface area (Å²) in [5.74, 6) is 0.498. The highest BCUT2D eigenvalue weighted by molar-refractivity contribution is 6.03. The molecule has 3 N–H and O–H groups in total. The van der Waals surface area contributed by atoms with Gasteiger partial charge in [-0.15, -0.1) is 0 Å². The van der Waals surface area contributed by atoms with Crippen molar-refractivity contribution in [1.29, 1.82) is 0 Å². The minimum Gasteiger partial charge on any atom is -0.453 e. The van der Waals surface area contributed by atoms with E-state index in [4.69, 9.17) is 19.5 Å². The third-order valence-electron chi connectivity index (χ3n) is 10.6. The van der Waals surface area contributed by atoms with Gasteiger partial charge in [-0.1, -0.05) is 62.4 Å². The zero-order chi connectivity index (χ0) is 39.0. The number of β-amino-alcohol motifs (C(OH)–C–C–N with tert-alkyl or cyclic N) is 1.